The largest absolute Gasteiger partial charge is 0.354 e. The standard InChI is InChI=1S/C11H15N3O3/c1-8(12)7-13-11(15)6-9-2-4-10(5-3-9)14(16)17/h2-5,8H,6-7,12H2,1H3,(H,13,15). The molecular weight excluding hydrogens is 222 g/mol. The highest BCUT2D eigenvalue weighted by molar-refractivity contribution is 5.78. The molecule has 0 aromatic heterocycles. The Morgan fingerprint density at radius 1 is 1.47 bits per heavy atom. The highest BCUT2D eigenvalue weighted by atomic mass is 16.6. The van der Waals surface area contributed by atoms with Gasteiger partial charge in [-0.15, -0.1) is 0 Å². The molecule has 1 atom stereocenters. The van der Waals surface area contributed by atoms with E-state index in [1.54, 1.807) is 19.1 Å². The Hall–Kier alpha value is -1.95. The molecule has 3 N–H and O–H groups in total. The Balaban J connectivity index is 2.51. The molecule has 1 rings (SSSR count). The van der Waals surface area contributed by atoms with Gasteiger partial charge in [-0.05, 0) is 12.5 Å². The van der Waals surface area contributed by atoms with Crippen molar-refractivity contribution in [3.63, 3.8) is 0 Å². The molecule has 1 unspecified atom stereocenters. The smallest absolute Gasteiger partial charge is 0.269 e. The number of non-ortho nitro benzene ring substituents is 1. The molecule has 0 fully saturated rings. The average molecular weight is 237 g/mol. The van der Waals surface area contributed by atoms with Gasteiger partial charge < -0.3 is 11.1 Å². The molecule has 1 amide bonds. The third kappa shape index (κ3) is 4.60. The summed E-state index contributed by atoms with van der Waals surface area (Å²) in [7, 11) is 0. The van der Waals surface area contributed by atoms with Crippen molar-refractivity contribution in [3.8, 4) is 0 Å². The van der Waals surface area contributed by atoms with Crippen molar-refractivity contribution in [2.24, 2.45) is 5.73 Å². The van der Waals surface area contributed by atoms with Crippen LogP contribution in [0.2, 0.25) is 0 Å². The number of carbonyl (C=O) groups excluding carboxylic acids is 1. The summed E-state index contributed by atoms with van der Waals surface area (Å²) >= 11 is 0. The van der Waals surface area contributed by atoms with Crippen molar-refractivity contribution in [1.82, 2.24) is 5.32 Å². The lowest BCUT2D eigenvalue weighted by Gasteiger charge is -2.07. The first-order chi connectivity index (χ1) is 7.99. The maximum atomic E-state index is 11.4. The van der Waals surface area contributed by atoms with Crippen LogP contribution in [-0.2, 0) is 11.2 Å². The fraction of sp³-hybridized carbons (Fsp3) is 0.364. The van der Waals surface area contributed by atoms with E-state index >= 15 is 0 Å². The maximum Gasteiger partial charge on any atom is 0.269 e. The highest BCUT2D eigenvalue weighted by Gasteiger charge is 2.07. The molecule has 1 aromatic rings. The van der Waals surface area contributed by atoms with Gasteiger partial charge >= 0.3 is 0 Å². The molecule has 0 radical (unpaired) electrons. The molecule has 1 aromatic carbocycles. The summed E-state index contributed by atoms with van der Waals surface area (Å²) in [5.41, 5.74) is 6.25. The number of nitrogens with two attached hydrogens (primary N) is 1. The molecule has 6 nitrogen and oxygen atoms in total. The fourth-order valence-electron chi connectivity index (χ4n) is 1.26. The van der Waals surface area contributed by atoms with E-state index < -0.39 is 4.92 Å². The second kappa shape index (κ2) is 5.95. The Morgan fingerprint density at radius 3 is 2.53 bits per heavy atom. The van der Waals surface area contributed by atoms with Crippen LogP contribution in [0.25, 0.3) is 0 Å². The number of nitro benzene ring substituents is 1. The van der Waals surface area contributed by atoms with E-state index in [4.69, 9.17) is 5.73 Å². The number of nitro groups is 1. The molecule has 92 valence electrons. The number of amides is 1. The normalized spacial score (nSPS) is 11.9. The minimum Gasteiger partial charge on any atom is -0.354 e. The van der Waals surface area contributed by atoms with Gasteiger partial charge in [0.1, 0.15) is 0 Å². The maximum absolute atomic E-state index is 11.4. The molecule has 0 saturated heterocycles. The zero-order valence-corrected chi connectivity index (χ0v) is 9.55. The van der Waals surface area contributed by atoms with Gasteiger partial charge in [0.15, 0.2) is 0 Å². The van der Waals surface area contributed by atoms with E-state index in [0.717, 1.165) is 5.56 Å². The highest BCUT2D eigenvalue weighted by Crippen LogP contribution is 2.12. The van der Waals surface area contributed by atoms with Gasteiger partial charge in [-0.2, -0.15) is 0 Å². The topological polar surface area (TPSA) is 98.3 Å². The van der Waals surface area contributed by atoms with Gasteiger partial charge in [0.25, 0.3) is 5.69 Å². The predicted octanol–water partition coefficient (Wildman–Crippen LogP) is 0.601. The van der Waals surface area contributed by atoms with E-state index in [0.29, 0.717) is 6.54 Å². The van der Waals surface area contributed by atoms with E-state index in [1.165, 1.54) is 12.1 Å². The van der Waals surface area contributed by atoms with Crippen LogP contribution >= 0.6 is 0 Å². The van der Waals surface area contributed by atoms with Crippen LogP contribution in [0.5, 0.6) is 0 Å². The van der Waals surface area contributed by atoms with Crippen LogP contribution in [0.15, 0.2) is 24.3 Å². The summed E-state index contributed by atoms with van der Waals surface area (Å²) in [6.07, 6.45) is 0.199. The van der Waals surface area contributed by atoms with Crippen molar-refractivity contribution in [2.75, 3.05) is 6.54 Å². The summed E-state index contributed by atoms with van der Waals surface area (Å²) in [4.78, 5) is 21.4. The summed E-state index contributed by atoms with van der Waals surface area (Å²) in [6, 6.07) is 5.83. The zero-order chi connectivity index (χ0) is 12.8. The quantitative estimate of drug-likeness (QED) is 0.578. The zero-order valence-electron chi connectivity index (χ0n) is 9.55. The SMILES string of the molecule is CC(N)CNC(=O)Cc1ccc([N+](=O)[O-])cc1. The first-order valence-corrected chi connectivity index (χ1v) is 5.24. The lowest BCUT2D eigenvalue weighted by atomic mass is 10.1. The molecule has 0 saturated carbocycles. The van der Waals surface area contributed by atoms with Crippen LogP contribution in [0.4, 0.5) is 5.69 Å². The minimum atomic E-state index is -0.472. The Labute approximate surface area is 99.0 Å². The molecule has 0 bridgehead atoms. The Kier molecular flexibility index (Phi) is 4.59. The number of hydrogen-bond acceptors (Lipinski definition) is 4. The molecule has 0 spiro atoms. The van der Waals surface area contributed by atoms with E-state index in [2.05, 4.69) is 5.32 Å². The van der Waals surface area contributed by atoms with Gasteiger partial charge in [-0.3, -0.25) is 14.9 Å². The first-order valence-electron chi connectivity index (χ1n) is 5.24. The Bertz CT molecular complexity index is 401. The van der Waals surface area contributed by atoms with Gasteiger partial charge in [0, 0.05) is 24.7 Å². The van der Waals surface area contributed by atoms with E-state index in [1.807, 2.05) is 0 Å². The lowest BCUT2D eigenvalue weighted by Crippen LogP contribution is -2.35. The summed E-state index contributed by atoms with van der Waals surface area (Å²) in [5, 5.41) is 13.1. The van der Waals surface area contributed by atoms with Gasteiger partial charge in [-0.1, -0.05) is 12.1 Å². The molecule has 0 heterocycles. The summed E-state index contributed by atoms with van der Waals surface area (Å²) < 4.78 is 0. The predicted molar refractivity (Wildman–Crippen MR) is 63.5 cm³/mol. The van der Waals surface area contributed by atoms with Crippen molar-refractivity contribution in [3.05, 3.63) is 39.9 Å². The molecular formula is C11H15N3O3. The fourth-order valence-corrected chi connectivity index (χ4v) is 1.26. The third-order valence-corrected chi connectivity index (χ3v) is 2.13. The van der Waals surface area contributed by atoms with E-state index in [9.17, 15) is 14.9 Å². The number of nitrogens with one attached hydrogen (secondary N) is 1. The van der Waals surface area contributed by atoms with Crippen molar-refractivity contribution < 1.29 is 9.72 Å². The molecule has 17 heavy (non-hydrogen) atoms. The van der Waals surface area contributed by atoms with Crippen LogP contribution in [0.3, 0.4) is 0 Å². The number of carbonyl (C=O) groups is 1. The number of nitrogens with zero attached hydrogens (tertiary/aromatic N) is 1. The lowest BCUT2D eigenvalue weighted by molar-refractivity contribution is -0.384. The average Bonchev–Trinajstić information content (AvgIpc) is 2.27. The monoisotopic (exact) mass is 237 g/mol. The summed E-state index contributed by atoms with van der Waals surface area (Å²) in [6.45, 7) is 2.22. The molecule has 0 aliphatic rings. The molecule has 6 heteroatoms. The number of hydrogen-bond donors (Lipinski definition) is 2. The number of benzene rings is 1. The van der Waals surface area contributed by atoms with Crippen molar-refractivity contribution in [1.29, 1.82) is 0 Å². The van der Waals surface area contributed by atoms with Crippen molar-refractivity contribution in [2.45, 2.75) is 19.4 Å². The molecule has 0 aliphatic heterocycles. The van der Waals surface area contributed by atoms with Crippen LogP contribution in [0.1, 0.15) is 12.5 Å². The minimum absolute atomic E-state index is 0.0183. The van der Waals surface area contributed by atoms with Crippen molar-refractivity contribution >= 4 is 11.6 Å². The Morgan fingerprint density at radius 2 is 2.06 bits per heavy atom. The number of rotatable bonds is 5. The van der Waals surface area contributed by atoms with Crippen LogP contribution in [-0.4, -0.2) is 23.4 Å². The van der Waals surface area contributed by atoms with E-state index in [-0.39, 0.29) is 24.1 Å². The first kappa shape index (κ1) is 13.1. The van der Waals surface area contributed by atoms with Crippen LogP contribution in [0, 0.1) is 10.1 Å². The second-order valence-electron chi connectivity index (χ2n) is 3.88. The van der Waals surface area contributed by atoms with Gasteiger partial charge in [0.2, 0.25) is 5.91 Å². The summed E-state index contributed by atoms with van der Waals surface area (Å²) in [5.74, 6) is -0.142. The van der Waals surface area contributed by atoms with Crippen LogP contribution < -0.4 is 11.1 Å². The van der Waals surface area contributed by atoms with Gasteiger partial charge in [-0.25, -0.2) is 0 Å². The molecule has 0 aliphatic carbocycles. The third-order valence-electron chi connectivity index (χ3n) is 2.13. The van der Waals surface area contributed by atoms with Gasteiger partial charge in [0.05, 0.1) is 11.3 Å². The second-order valence-corrected chi connectivity index (χ2v) is 3.88.